The first kappa shape index (κ1) is 14.5. The van der Waals surface area contributed by atoms with E-state index in [9.17, 15) is 4.79 Å². The Morgan fingerprint density at radius 3 is 2.47 bits per heavy atom. The Balaban J connectivity index is 2.50. The highest BCUT2D eigenvalue weighted by molar-refractivity contribution is 5.84. The predicted octanol–water partition coefficient (Wildman–Crippen LogP) is 1.10. The van der Waals surface area contributed by atoms with Crippen LogP contribution in [-0.4, -0.2) is 41.5 Å². The van der Waals surface area contributed by atoms with E-state index in [1.54, 1.807) is 0 Å². The van der Waals surface area contributed by atoms with Crippen molar-refractivity contribution >= 4 is 5.91 Å². The van der Waals surface area contributed by atoms with Crippen molar-refractivity contribution in [1.82, 2.24) is 10.2 Å². The molecule has 0 aromatic rings. The number of carbonyl (C=O) groups is 1. The minimum Gasteiger partial charge on any atom is -0.368 e. The van der Waals surface area contributed by atoms with Crippen LogP contribution >= 0.6 is 0 Å². The minimum absolute atomic E-state index is 0.232. The third kappa shape index (κ3) is 4.28. The maximum atomic E-state index is 11.6. The van der Waals surface area contributed by atoms with E-state index in [0.717, 1.165) is 19.5 Å². The zero-order chi connectivity index (χ0) is 13.1. The number of nitrogens with two attached hydrogens (primary N) is 1. The minimum atomic E-state index is -0.552. The second kappa shape index (κ2) is 5.83. The van der Waals surface area contributed by atoms with E-state index in [1.165, 1.54) is 12.8 Å². The van der Waals surface area contributed by atoms with Gasteiger partial charge in [0, 0.05) is 18.6 Å². The molecule has 0 aromatic heterocycles. The molecule has 0 aliphatic heterocycles. The molecule has 0 aromatic carbocycles. The van der Waals surface area contributed by atoms with Gasteiger partial charge in [0.15, 0.2) is 0 Å². The van der Waals surface area contributed by atoms with Crippen molar-refractivity contribution in [1.29, 1.82) is 0 Å². The SMILES string of the molecule is CCN(CCC(C)(NC1CC1)C(N)=O)C(C)C. The summed E-state index contributed by atoms with van der Waals surface area (Å²) in [6.45, 7) is 10.4. The van der Waals surface area contributed by atoms with Gasteiger partial charge in [-0.2, -0.15) is 0 Å². The lowest BCUT2D eigenvalue weighted by molar-refractivity contribution is -0.124. The molecule has 17 heavy (non-hydrogen) atoms. The first-order valence-electron chi connectivity index (χ1n) is 6.70. The third-order valence-electron chi connectivity index (χ3n) is 3.68. The molecule has 1 unspecified atom stereocenters. The number of nitrogens with zero attached hydrogens (tertiary/aromatic N) is 1. The van der Waals surface area contributed by atoms with Crippen LogP contribution in [0, 0.1) is 0 Å². The van der Waals surface area contributed by atoms with Gasteiger partial charge in [-0.1, -0.05) is 6.92 Å². The van der Waals surface area contributed by atoms with Crippen molar-refractivity contribution in [3.05, 3.63) is 0 Å². The summed E-state index contributed by atoms with van der Waals surface area (Å²) in [4.78, 5) is 14.0. The normalized spacial score (nSPS) is 19.6. The second-order valence-electron chi connectivity index (χ2n) is 5.59. The molecule has 1 rings (SSSR count). The Labute approximate surface area is 105 Å². The lowest BCUT2D eigenvalue weighted by Gasteiger charge is -2.32. The molecule has 0 heterocycles. The Kier molecular flexibility index (Phi) is 4.95. The summed E-state index contributed by atoms with van der Waals surface area (Å²) in [5.41, 5.74) is 4.98. The fourth-order valence-electron chi connectivity index (χ4n) is 2.09. The number of primary amides is 1. The maximum absolute atomic E-state index is 11.6. The Morgan fingerprint density at radius 2 is 2.12 bits per heavy atom. The average Bonchev–Trinajstić information content (AvgIpc) is 3.01. The fraction of sp³-hybridized carbons (Fsp3) is 0.923. The van der Waals surface area contributed by atoms with E-state index in [0.29, 0.717) is 12.1 Å². The molecule has 0 radical (unpaired) electrons. The number of nitrogens with one attached hydrogen (secondary N) is 1. The number of rotatable bonds is 8. The van der Waals surface area contributed by atoms with Gasteiger partial charge < -0.3 is 16.0 Å². The zero-order valence-electron chi connectivity index (χ0n) is 11.6. The van der Waals surface area contributed by atoms with E-state index < -0.39 is 5.54 Å². The van der Waals surface area contributed by atoms with E-state index in [-0.39, 0.29) is 5.91 Å². The first-order chi connectivity index (χ1) is 7.89. The second-order valence-corrected chi connectivity index (χ2v) is 5.59. The van der Waals surface area contributed by atoms with Gasteiger partial charge in [0.1, 0.15) is 0 Å². The van der Waals surface area contributed by atoms with Crippen molar-refractivity contribution in [2.24, 2.45) is 5.73 Å². The van der Waals surface area contributed by atoms with E-state index in [1.807, 2.05) is 6.92 Å². The number of carbonyl (C=O) groups excluding carboxylic acids is 1. The molecule has 100 valence electrons. The Morgan fingerprint density at radius 1 is 1.53 bits per heavy atom. The fourth-order valence-corrected chi connectivity index (χ4v) is 2.09. The van der Waals surface area contributed by atoms with Crippen molar-refractivity contribution < 1.29 is 4.79 Å². The number of hydrogen-bond donors (Lipinski definition) is 2. The average molecular weight is 241 g/mol. The molecule has 0 bridgehead atoms. The molecular formula is C13H27N3O. The maximum Gasteiger partial charge on any atom is 0.237 e. The highest BCUT2D eigenvalue weighted by Crippen LogP contribution is 2.24. The van der Waals surface area contributed by atoms with Crippen molar-refractivity contribution in [2.45, 2.75) is 64.6 Å². The van der Waals surface area contributed by atoms with Gasteiger partial charge in [0.2, 0.25) is 5.91 Å². The summed E-state index contributed by atoms with van der Waals surface area (Å²) in [5.74, 6) is -0.232. The molecule has 4 heteroatoms. The Bertz CT molecular complexity index is 263. The van der Waals surface area contributed by atoms with Crippen LogP contribution in [0.4, 0.5) is 0 Å². The molecule has 1 aliphatic carbocycles. The van der Waals surface area contributed by atoms with E-state index in [2.05, 4.69) is 31.0 Å². The summed E-state index contributed by atoms with van der Waals surface area (Å²) < 4.78 is 0. The van der Waals surface area contributed by atoms with Crippen molar-refractivity contribution in [3.8, 4) is 0 Å². The van der Waals surface area contributed by atoms with Crippen LogP contribution in [0.25, 0.3) is 0 Å². The van der Waals surface area contributed by atoms with Crippen LogP contribution in [-0.2, 0) is 4.79 Å². The van der Waals surface area contributed by atoms with Gasteiger partial charge in [0.05, 0.1) is 5.54 Å². The lowest BCUT2D eigenvalue weighted by Crippen LogP contribution is -2.55. The van der Waals surface area contributed by atoms with Gasteiger partial charge in [0.25, 0.3) is 0 Å². The van der Waals surface area contributed by atoms with Crippen molar-refractivity contribution in [2.75, 3.05) is 13.1 Å². The molecule has 1 saturated carbocycles. The van der Waals surface area contributed by atoms with Gasteiger partial charge in [-0.25, -0.2) is 0 Å². The molecule has 0 spiro atoms. The van der Waals surface area contributed by atoms with Crippen LogP contribution in [0.5, 0.6) is 0 Å². The van der Waals surface area contributed by atoms with E-state index >= 15 is 0 Å². The quantitative estimate of drug-likeness (QED) is 0.669. The summed E-state index contributed by atoms with van der Waals surface area (Å²) in [5, 5.41) is 3.38. The highest BCUT2D eigenvalue weighted by Gasteiger charge is 2.36. The van der Waals surface area contributed by atoms with Gasteiger partial charge >= 0.3 is 0 Å². The van der Waals surface area contributed by atoms with Gasteiger partial charge in [-0.3, -0.25) is 4.79 Å². The molecule has 1 aliphatic rings. The molecule has 1 fully saturated rings. The van der Waals surface area contributed by atoms with Crippen LogP contribution in [0.3, 0.4) is 0 Å². The van der Waals surface area contributed by atoms with E-state index in [4.69, 9.17) is 5.73 Å². The molecule has 0 saturated heterocycles. The first-order valence-corrected chi connectivity index (χ1v) is 6.70. The van der Waals surface area contributed by atoms with Crippen molar-refractivity contribution in [3.63, 3.8) is 0 Å². The van der Waals surface area contributed by atoms with Gasteiger partial charge in [-0.15, -0.1) is 0 Å². The monoisotopic (exact) mass is 241 g/mol. The van der Waals surface area contributed by atoms with Crippen LogP contribution in [0.2, 0.25) is 0 Å². The Hall–Kier alpha value is -0.610. The largest absolute Gasteiger partial charge is 0.368 e. The highest BCUT2D eigenvalue weighted by atomic mass is 16.1. The summed E-state index contributed by atoms with van der Waals surface area (Å²) >= 11 is 0. The standard InChI is InChI=1S/C13H27N3O/c1-5-16(10(2)3)9-8-13(4,12(14)17)15-11-6-7-11/h10-11,15H,5-9H2,1-4H3,(H2,14,17). The summed E-state index contributed by atoms with van der Waals surface area (Å²) in [6, 6.07) is 1.01. The van der Waals surface area contributed by atoms with Gasteiger partial charge in [-0.05, 0) is 46.6 Å². The predicted molar refractivity (Wildman–Crippen MR) is 70.8 cm³/mol. The van der Waals surface area contributed by atoms with Crippen LogP contribution < -0.4 is 11.1 Å². The third-order valence-corrected chi connectivity index (χ3v) is 3.68. The molecule has 4 nitrogen and oxygen atoms in total. The number of hydrogen-bond acceptors (Lipinski definition) is 3. The molecular weight excluding hydrogens is 214 g/mol. The summed E-state index contributed by atoms with van der Waals surface area (Å²) in [6.07, 6.45) is 3.12. The lowest BCUT2D eigenvalue weighted by atomic mass is 9.96. The smallest absolute Gasteiger partial charge is 0.237 e. The molecule has 1 atom stereocenters. The number of amides is 1. The topological polar surface area (TPSA) is 58.4 Å². The van der Waals surface area contributed by atoms with Crippen LogP contribution in [0.15, 0.2) is 0 Å². The molecule has 1 amide bonds. The zero-order valence-corrected chi connectivity index (χ0v) is 11.6. The molecule has 3 N–H and O–H groups in total. The van der Waals surface area contributed by atoms with Crippen LogP contribution in [0.1, 0.15) is 47.0 Å². The summed E-state index contributed by atoms with van der Waals surface area (Å²) in [7, 11) is 0.